The zero-order chi connectivity index (χ0) is 11.5. The number of nitrogen functional groups attached to an aromatic ring is 1. The zero-order valence-corrected chi connectivity index (χ0v) is 8.31. The van der Waals surface area contributed by atoms with Crippen molar-refractivity contribution in [2.24, 2.45) is 0 Å². The molecule has 1 heterocycles. The molecule has 0 amide bonds. The summed E-state index contributed by atoms with van der Waals surface area (Å²) in [5, 5.41) is 9.41. The number of nitrogens with one attached hydrogen (secondary N) is 1. The number of carbonyl (C=O) groups is 1. The molecule has 0 atom stereocenters. The second-order valence-electron chi connectivity index (χ2n) is 3.16. The van der Waals surface area contributed by atoms with Crippen LogP contribution in [0.3, 0.4) is 0 Å². The van der Waals surface area contributed by atoms with Crippen LogP contribution < -0.4 is 10.5 Å². The Hall–Kier alpha value is -2.43. The van der Waals surface area contributed by atoms with Gasteiger partial charge in [-0.15, -0.1) is 0 Å². The van der Waals surface area contributed by atoms with Gasteiger partial charge in [0.25, 0.3) is 0 Å². The number of rotatable bonds is 2. The third kappa shape index (κ3) is 1.83. The van der Waals surface area contributed by atoms with Gasteiger partial charge < -0.3 is 20.6 Å². The summed E-state index contributed by atoms with van der Waals surface area (Å²) in [6.45, 7) is 0. The average molecular weight is 218 g/mol. The SMILES string of the molecule is Nc1[nH]ccc1C(=O)Oc1ccccc1O. The second-order valence-corrected chi connectivity index (χ2v) is 3.16. The fourth-order valence-corrected chi connectivity index (χ4v) is 1.26. The standard InChI is InChI=1S/C11H10N2O3/c12-10-7(5-6-13-10)11(15)16-9-4-2-1-3-8(9)14/h1-6,13-14H,12H2. The van der Waals surface area contributed by atoms with Gasteiger partial charge in [-0.25, -0.2) is 4.79 Å². The van der Waals surface area contributed by atoms with Gasteiger partial charge in [-0.1, -0.05) is 12.1 Å². The lowest BCUT2D eigenvalue weighted by atomic mass is 10.3. The predicted octanol–water partition coefficient (Wildman–Crippen LogP) is 1.52. The highest BCUT2D eigenvalue weighted by Gasteiger charge is 2.14. The highest BCUT2D eigenvalue weighted by Crippen LogP contribution is 2.25. The summed E-state index contributed by atoms with van der Waals surface area (Å²) in [7, 11) is 0. The van der Waals surface area contributed by atoms with Crippen molar-refractivity contribution in [3.8, 4) is 11.5 Å². The van der Waals surface area contributed by atoms with E-state index in [0.29, 0.717) is 0 Å². The first kappa shape index (κ1) is 10.1. The number of aromatic nitrogens is 1. The molecule has 0 aliphatic heterocycles. The van der Waals surface area contributed by atoms with Crippen LogP contribution in [0.25, 0.3) is 0 Å². The molecule has 2 rings (SSSR count). The molecule has 0 saturated carbocycles. The maximum atomic E-state index is 11.6. The van der Waals surface area contributed by atoms with Crippen molar-refractivity contribution in [3.05, 3.63) is 42.1 Å². The number of para-hydroxylation sites is 2. The van der Waals surface area contributed by atoms with Crippen LogP contribution in [0.1, 0.15) is 10.4 Å². The Morgan fingerprint density at radius 2 is 2.06 bits per heavy atom. The number of anilines is 1. The van der Waals surface area contributed by atoms with Gasteiger partial charge in [-0.2, -0.15) is 0 Å². The molecule has 82 valence electrons. The zero-order valence-electron chi connectivity index (χ0n) is 8.31. The summed E-state index contributed by atoms with van der Waals surface area (Å²) in [4.78, 5) is 14.3. The van der Waals surface area contributed by atoms with Crippen LogP contribution in [0, 0.1) is 0 Å². The molecule has 16 heavy (non-hydrogen) atoms. The lowest BCUT2D eigenvalue weighted by Gasteiger charge is -2.04. The van der Waals surface area contributed by atoms with Crippen molar-refractivity contribution in [2.45, 2.75) is 0 Å². The largest absolute Gasteiger partial charge is 0.504 e. The van der Waals surface area contributed by atoms with E-state index >= 15 is 0 Å². The fraction of sp³-hybridized carbons (Fsp3) is 0. The smallest absolute Gasteiger partial charge is 0.347 e. The Morgan fingerprint density at radius 1 is 1.31 bits per heavy atom. The molecule has 0 aliphatic rings. The van der Waals surface area contributed by atoms with E-state index in [2.05, 4.69) is 4.98 Å². The molecule has 0 fully saturated rings. The highest BCUT2D eigenvalue weighted by atomic mass is 16.5. The van der Waals surface area contributed by atoms with E-state index in [1.165, 1.54) is 24.4 Å². The number of H-pyrrole nitrogens is 1. The Morgan fingerprint density at radius 3 is 2.69 bits per heavy atom. The van der Waals surface area contributed by atoms with Gasteiger partial charge >= 0.3 is 5.97 Å². The van der Waals surface area contributed by atoms with E-state index in [0.717, 1.165) is 0 Å². The summed E-state index contributed by atoms with van der Waals surface area (Å²) in [6.07, 6.45) is 1.54. The topological polar surface area (TPSA) is 88.3 Å². The molecule has 5 nitrogen and oxygen atoms in total. The van der Waals surface area contributed by atoms with E-state index in [4.69, 9.17) is 10.5 Å². The van der Waals surface area contributed by atoms with E-state index in [1.54, 1.807) is 12.1 Å². The molecule has 2 aromatic rings. The summed E-state index contributed by atoms with van der Waals surface area (Å²) in [6, 6.07) is 7.73. The third-order valence-corrected chi connectivity index (χ3v) is 2.07. The van der Waals surface area contributed by atoms with Crippen molar-refractivity contribution in [2.75, 3.05) is 5.73 Å². The molecular formula is C11H10N2O3. The second kappa shape index (κ2) is 3.98. The van der Waals surface area contributed by atoms with Crippen LogP contribution in [-0.2, 0) is 0 Å². The number of nitrogens with two attached hydrogens (primary N) is 1. The van der Waals surface area contributed by atoms with E-state index in [1.807, 2.05) is 0 Å². The minimum atomic E-state index is -0.611. The Bertz CT molecular complexity index is 519. The Labute approximate surface area is 91.5 Å². The molecule has 1 aromatic heterocycles. The predicted molar refractivity (Wildman–Crippen MR) is 58.3 cm³/mol. The first-order valence-corrected chi connectivity index (χ1v) is 4.61. The van der Waals surface area contributed by atoms with E-state index in [-0.39, 0.29) is 22.9 Å². The first-order chi connectivity index (χ1) is 7.68. The van der Waals surface area contributed by atoms with Crippen molar-refractivity contribution in [1.29, 1.82) is 0 Å². The van der Waals surface area contributed by atoms with Crippen molar-refractivity contribution >= 4 is 11.8 Å². The van der Waals surface area contributed by atoms with E-state index < -0.39 is 5.97 Å². The Balaban J connectivity index is 2.21. The monoisotopic (exact) mass is 218 g/mol. The van der Waals surface area contributed by atoms with Gasteiger partial charge in [0.1, 0.15) is 11.4 Å². The van der Waals surface area contributed by atoms with Gasteiger partial charge in [0.2, 0.25) is 0 Å². The number of ether oxygens (including phenoxy) is 1. The number of benzene rings is 1. The molecule has 5 heteroatoms. The molecule has 0 spiro atoms. The number of phenols is 1. The molecule has 1 aromatic carbocycles. The van der Waals surface area contributed by atoms with Crippen LogP contribution in [0.5, 0.6) is 11.5 Å². The number of esters is 1. The number of aromatic hydroxyl groups is 1. The van der Waals surface area contributed by atoms with Crippen molar-refractivity contribution in [3.63, 3.8) is 0 Å². The number of carbonyl (C=O) groups excluding carboxylic acids is 1. The molecule has 0 aliphatic carbocycles. The van der Waals surface area contributed by atoms with Gasteiger partial charge in [0.15, 0.2) is 11.5 Å². The Kier molecular flexibility index (Phi) is 2.51. The average Bonchev–Trinajstić information content (AvgIpc) is 2.68. The quantitative estimate of drug-likeness (QED) is 0.526. The number of phenolic OH excluding ortho intramolecular Hbond substituents is 1. The van der Waals surface area contributed by atoms with E-state index in [9.17, 15) is 9.90 Å². The van der Waals surface area contributed by atoms with Crippen LogP contribution in [-0.4, -0.2) is 16.1 Å². The summed E-state index contributed by atoms with van der Waals surface area (Å²) in [5.41, 5.74) is 5.75. The van der Waals surface area contributed by atoms with Crippen LogP contribution in [0.4, 0.5) is 5.82 Å². The highest BCUT2D eigenvalue weighted by molar-refractivity contribution is 5.95. The summed E-state index contributed by atoms with van der Waals surface area (Å²) in [5.74, 6) is -0.362. The number of aromatic amines is 1. The molecule has 0 bridgehead atoms. The first-order valence-electron chi connectivity index (χ1n) is 4.61. The third-order valence-electron chi connectivity index (χ3n) is 2.07. The summed E-state index contributed by atoms with van der Waals surface area (Å²) < 4.78 is 4.98. The van der Waals surface area contributed by atoms with Crippen LogP contribution in [0.15, 0.2) is 36.5 Å². The van der Waals surface area contributed by atoms with Gasteiger partial charge in [-0.05, 0) is 18.2 Å². The minimum absolute atomic E-state index is 0.0926. The minimum Gasteiger partial charge on any atom is -0.504 e. The normalized spacial score (nSPS) is 10.0. The maximum absolute atomic E-state index is 11.6. The van der Waals surface area contributed by atoms with Crippen molar-refractivity contribution < 1.29 is 14.6 Å². The molecular weight excluding hydrogens is 208 g/mol. The van der Waals surface area contributed by atoms with Gasteiger partial charge in [0, 0.05) is 6.20 Å². The molecule has 4 N–H and O–H groups in total. The van der Waals surface area contributed by atoms with Gasteiger partial charge in [-0.3, -0.25) is 0 Å². The molecule has 0 unspecified atom stereocenters. The fourth-order valence-electron chi connectivity index (χ4n) is 1.26. The van der Waals surface area contributed by atoms with Crippen LogP contribution in [0.2, 0.25) is 0 Å². The maximum Gasteiger partial charge on any atom is 0.347 e. The summed E-state index contributed by atoms with van der Waals surface area (Å²) >= 11 is 0. The lowest BCUT2D eigenvalue weighted by Crippen LogP contribution is -2.09. The molecule has 0 saturated heterocycles. The number of hydrogen-bond donors (Lipinski definition) is 3. The van der Waals surface area contributed by atoms with Crippen molar-refractivity contribution in [1.82, 2.24) is 4.98 Å². The number of hydrogen-bond acceptors (Lipinski definition) is 4. The van der Waals surface area contributed by atoms with Gasteiger partial charge in [0.05, 0.1) is 0 Å². The molecule has 0 radical (unpaired) electrons. The van der Waals surface area contributed by atoms with Crippen LogP contribution >= 0.6 is 0 Å². The lowest BCUT2D eigenvalue weighted by molar-refractivity contribution is 0.0731.